The summed E-state index contributed by atoms with van der Waals surface area (Å²) in [4.78, 5) is 24.3. The molecule has 2 N–H and O–H groups in total. The molecule has 5 heteroatoms. The number of ether oxygens (including phenoxy) is 1. The summed E-state index contributed by atoms with van der Waals surface area (Å²) in [7, 11) is 1.57. The number of benzene rings is 3. The standard InChI is InChI=1S/C21H19NO4/c1-26-16-11-9-14(10-12-16)13-19(21(24)25)22-20(23)18-8-4-6-15-5-2-3-7-17(15)18/h2-12,19H,13H2,1H3,(H,22,23)(H,24,25)/t19-/m1/s1. The Morgan fingerprint density at radius 1 is 1.00 bits per heavy atom. The Labute approximate surface area is 151 Å². The quantitative estimate of drug-likeness (QED) is 0.716. The lowest BCUT2D eigenvalue weighted by atomic mass is 10.0. The second-order valence-corrected chi connectivity index (χ2v) is 5.94. The van der Waals surface area contributed by atoms with E-state index in [0.29, 0.717) is 11.3 Å². The summed E-state index contributed by atoms with van der Waals surface area (Å²) >= 11 is 0. The van der Waals surface area contributed by atoms with E-state index < -0.39 is 17.9 Å². The van der Waals surface area contributed by atoms with Crippen molar-refractivity contribution in [3.8, 4) is 5.75 Å². The topological polar surface area (TPSA) is 75.6 Å². The van der Waals surface area contributed by atoms with Crippen molar-refractivity contribution in [2.45, 2.75) is 12.5 Å². The van der Waals surface area contributed by atoms with E-state index >= 15 is 0 Å². The third kappa shape index (κ3) is 3.83. The number of carboxylic acid groups (broad SMARTS) is 1. The fourth-order valence-electron chi connectivity index (χ4n) is 2.86. The van der Waals surface area contributed by atoms with Crippen LogP contribution in [-0.4, -0.2) is 30.1 Å². The number of fused-ring (bicyclic) bond motifs is 1. The van der Waals surface area contributed by atoms with Crippen molar-refractivity contribution < 1.29 is 19.4 Å². The first-order valence-electron chi connectivity index (χ1n) is 8.23. The first kappa shape index (κ1) is 17.5. The van der Waals surface area contributed by atoms with E-state index in [4.69, 9.17) is 4.74 Å². The molecule has 0 spiro atoms. The van der Waals surface area contributed by atoms with Gasteiger partial charge in [0.15, 0.2) is 0 Å². The Kier molecular flexibility index (Phi) is 5.17. The SMILES string of the molecule is COc1ccc(C[C@@H](NC(=O)c2cccc3ccccc23)C(=O)O)cc1. The van der Waals surface area contributed by atoms with Gasteiger partial charge >= 0.3 is 5.97 Å². The minimum absolute atomic E-state index is 0.190. The maximum Gasteiger partial charge on any atom is 0.326 e. The molecule has 3 rings (SSSR count). The molecule has 0 aromatic heterocycles. The molecule has 0 heterocycles. The van der Waals surface area contributed by atoms with Crippen LogP contribution in [0.3, 0.4) is 0 Å². The molecule has 0 aliphatic carbocycles. The van der Waals surface area contributed by atoms with Crippen LogP contribution in [0, 0.1) is 0 Å². The van der Waals surface area contributed by atoms with Gasteiger partial charge in [-0.25, -0.2) is 4.79 Å². The van der Waals surface area contributed by atoms with Gasteiger partial charge in [0.25, 0.3) is 5.91 Å². The zero-order valence-corrected chi connectivity index (χ0v) is 14.3. The van der Waals surface area contributed by atoms with Gasteiger partial charge in [0, 0.05) is 12.0 Å². The van der Waals surface area contributed by atoms with Crippen LogP contribution in [0.25, 0.3) is 10.8 Å². The van der Waals surface area contributed by atoms with E-state index in [1.54, 1.807) is 43.5 Å². The van der Waals surface area contributed by atoms with Crippen LogP contribution < -0.4 is 10.1 Å². The van der Waals surface area contributed by atoms with Gasteiger partial charge in [-0.15, -0.1) is 0 Å². The molecule has 0 saturated heterocycles. The average molecular weight is 349 g/mol. The molecule has 3 aromatic carbocycles. The Morgan fingerprint density at radius 2 is 1.69 bits per heavy atom. The highest BCUT2D eigenvalue weighted by Crippen LogP contribution is 2.19. The number of nitrogens with one attached hydrogen (secondary N) is 1. The van der Waals surface area contributed by atoms with E-state index in [9.17, 15) is 14.7 Å². The third-order valence-corrected chi connectivity index (χ3v) is 4.24. The van der Waals surface area contributed by atoms with E-state index in [1.165, 1.54) is 0 Å². The third-order valence-electron chi connectivity index (χ3n) is 4.24. The highest BCUT2D eigenvalue weighted by atomic mass is 16.5. The molecule has 5 nitrogen and oxygen atoms in total. The van der Waals surface area contributed by atoms with Crippen molar-refractivity contribution >= 4 is 22.6 Å². The highest BCUT2D eigenvalue weighted by Gasteiger charge is 2.22. The maximum absolute atomic E-state index is 12.7. The van der Waals surface area contributed by atoms with E-state index in [-0.39, 0.29) is 6.42 Å². The zero-order chi connectivity index (χ0) is 18.5. The highest BCUT2D eigenvalue weighted by molar-refractivity contribution is 6.07. The summed E-state index contributed by atoms with van der Waals surface area (Å²) < 4.78 is 5.10. The molecule has 0 unspecified atom stereocenters. The van der Waals surface area contributed by atoms with E-state index in [2.05, 4.69) is 5.32 Å². The first-order valence-corrected chi connectivity index (χ1v) is 8.23. The van der Waals surface area contributed by atoms with Crippen LogP contribution >= 0.6 is 0 Å². The van der Waals surface area contributed by atoms with Crippen molar-refractivity contribution in [1.82, 2.24) is 5.32 Å². The van der Waals surface area contributed by atoms with Crippen LogP contribution in [0.1, 0.15) is 15.9 Å². The molecular formula is C21H19NO4. The number of rotatable bonds is 6. The van der Waals surface area contributed by atoms with Crippen molar-refractivity contribution in [3.05, 3.63) is 77.9 Å². The largest absolute Gasteiger partial charge is 0.497 e. The minimum atomic E-state index is -1.07. The summed E-state index contributed by atoms with van der Waals surface area (Å²) in [6, 6.07) is 19.0. The summed E-state index contributed by atoms with van der Waals surface area (Å²) in [6.45, 7) is 0. The van der Waals surface area contributed by atoms with Gasteiger partial charge in [-0.2, -0.15) is 0 Å². The van der Waals surface area contributed by atoms with Gasteiger partial charge in [-0.05, 0) is 34.5 Å². The zero-order valence-electron chi connectivity index (χ0n) is 14.3. The number of carboxylic acids is 1. The Bertz CT molecular complexity index is 929. The molecule has 26 heavy (non-hydrogen) atoms. The van der Waals surface area contributed by atoms with Gasteiger partial charge < -0.3 is 15.2 Å². The number of methoxy groups -OCH3 is 1. The lowest BCUT2D eigenvalue weighted by Crippen LogP contribution is -2.42. The molecule has 0 radical (unpaired) electrons. The Morgan fingerprint density at radius 3 is 2.38 bits per heavy atom. The lowest BCUT2D eigenvalue weighted by Gasteiger charge is -2.16. The van der Waals surface area contributed by atoms with Gasteiger partial charge in [-0.1, -0.05) is 48.5 Å². The summed E-state index contributed by atoms with van der Waals surface area (Å²) in [5, 5.41) is 13.9. The van der Waals surface area contributed by atoms with E-state index in [1.807, 2.05) is 30.3 Å². The van der Waals surface area contributed by atoms with Gasteiger partial charge in [0.1, 0.15) is 11.8 Å². The first-order chi connectivity index (χ1) is 12.6. The fourth-order valence-corrected chi connectivity index (χ4v) is 2.86. The Hall–Kier alpha value is -3.34. The number of hydrogen-bond donors (Lipinski definition) is 2. The predicted octanol–water partition coefficient (Wildman–Crippen LogP) is 3.27. The van der Waals surface area contributed by atoms with Crippen molar-refractivity contribution in [2.24, 2.45) is 0 Å². The number of hydrogen-bond acceptors (Lipinski definition) is 3. The van der Waals surface area contributed by atoms with Crippen molar-refractivity contribution in [3.63, 3.8) is 0 Å². The maximum atomic E-state index is 12.7. The lowest BCUT2D eigenvalue weighted by molar-refractivity contribution is -0.139. The van der Waals surface area contributed by atoms with Crippen LogP contribution in [0.2, 0.25) is 0 Å². The smallest absolute Gasteiger partial charge is 0.326 e. The monoisotopic (exact) mass is 349 g/mol. The second kappa shape index (κ2) is 7.70. The molecule has 0 fully saturated rings. The number of carbonyl (C=O) groups excluding carboxylic acids is 1. The molecule has 1 atom stereocenters. The predicted molar refractivity (Wildman–Crippen MR) is 99.5 cm³/mol. The molecule has 3 aromatic rings. The normalized spacial score (nSPS) is 11.7. The average Bonchev–Trinajstić information content (AvgIpc) is 2.67. The van der Waals surface area contributed by atoms with Crippen LogP contribution in [-0.2, 0) is 11.2 Å². The van der Waals surface area contributed by atoms with Gasteiger partial charge in [-0.3, -0.25) is 4.79 Å². The van der Waals surface area contributed by atoms with Crippen molar-refractivity contribution in [2.75, 3.05) is 7.11 Å². The van der Waals surface area contributed by atoms with Crippen LogP contribution in [0.4, 0.5) is 0 Å². The van der Waals surface area contributed by atoms with E-state index in [0.717, 1.165) is 16.3 Å². The summed E-state index contributed by atoms with van der Waals surface area (Å²) in [5.41, 5.74) is 1.26. The van der Waals surface area contributed by atoms with Crippen molar-refractivity contribution in [1.29, 1.82) is 0 Å². The van der Waals surface area contributed by atoms with Crippen LogP contribution in [0.5, 0.6) is 5.75 Å². The molecule has 0 aliphatic heterocycles. The molecule has 132 valence electrons. The minimum Gasteiger partial charge on any atom is -0.497 e. The fraction of sp³-hybridized carbons (Fsp3) is 0.143. The molecule has 0 saturated carbocycles. The Balaban J connectivity index is 1.80. The molecule has 1 amide bonds. The summed E-state index contributed by atoms with van der Waals surface area (Å²) in [6.07, 6.45) is 0.190. The van der Waals surface area contributed by atoms with Crippen LogP contribution in [0.15, 0.2) is 66.7 Å². The molecule has 0 aliphatic rings. The number of aliphatic carboxylic acids is 1. The number of amides is 1. The molecule has 0 bridgehead atoms. The second-order valence-electron chi connectivity index (χ2n) is 5.94. The number of carbonyl (C=O) groups is 2. The molecular weight excluding hydrogens is 330 g/mol. The summed E-state index contributed by atoms with van der Waals surface area (Å²) in [5.74, 6) is -0.780. The van der Waals surface area contributed by atoms with Gasteiger partial charge in [0.2, 0.25) is 0 Å². The van der Waals surface area contributed by atoms with Gasteiger partial charge in [0.05, 0.1) is 7.11 Å².